The van der Waals surface area contributed by atoms with Crippen LogP contribution in [0.4, 0.5) is 0 Å². The maximum absolute atomic E-state index is 11.4. The van der Waals surface area contributed by atoms with E-state index in [0.29, 0.717) is 17.8 Å². The highest BCUT2D eigenvalue weighted by Gasteiger charge is 2.13. The quantitative estimate of drug-likeness (QED) is 0.720. The molecule has 17 heavy (non-hydrogen) atoms. The zero-order valence-corrected chi connectivity index (χ0v) is 11.2. The first-order valence-corrected chi connectivity index (χ1v) is 7.44. The van der Waals surface area contributed by atoms with Crippen molar-refractivity contribution in [2.24, 2.45) is 0 Å². The number of aryl methyl sites for hydroxylation is 1. The lowest BCUT2D eigenvalue weighted by Gasteiger charge is -2.02. The molecule has 5 nitrogen and oxygen atoms in total. The lowest BCUT2D eigenvalue weighted by molar-refractivity contribution is 0.112. The second-order valence-corrected chi connectivity index (χ2v) is 6.71. The third-order valence-corrected chi connectivity index (χ3v) is 4.25. The Morgan fingerprint density at radius 3 is 2.53 bits per heavy atom. The van der Waals surface area contributed by atoms with Crippen molar-refractivity contribution in [1.82, 2.24) is 9.78 Å². The summed E-state index contributed by atoms with van der Waals surface area (Å²) in [5, 5.41) is 4.24. The minimum atomic E-state index is -3.00. The normalized spacial score (nSPS) is 12.0. The van der Waals surface area contributed by atoms with E-state index in [0.717, 1.165) is 6.29 Å². The third kappa shape index (κ3) is 3.66. The zero-order valence-electron chi connectivity index (χ0n) is 10.4. The average Bonchev–Trinajstić information content (AvgIpc) is 2.70. The van der Waals surface area contributed by atoms with Gasteiger partial charge in [0.1, 0.15) is 0 Å². The topological polar surface area (TPSA) is 69.0 Å². The summed E-state index contributed by atoms with van der Waals surface area (Å²) in [5.41, 5.74) is 1.25. The summed E-state index contributed by atoms with van der Waals surface area (Å²) in [7, 11) is -3.00. The van der Waals surface area contributed by atoms with E-state index < -0.39 is 9.84 Å². The molecule has 0 aliphatic carbocycles. The van der Waals surface area contributed by atoms with E-state index in [4.69, 9.17) is 0 Å². The van der Waals surface area contributed by atoms with Gasteiger partial charge in [0.25, 0.3) is 0 Å². The van der Waals surface area contributed by atoms with Crippen molar-refractivity contribution in [2.45, 2.75) is 33.2 Å². The highest BCUT2D eigenvalue weighted by atomic mass is 32.2. The fourth-order valence-electron chi connectivity index (χ4n) is 1.48. The minimum absolute atomic E-state index is 0.0566. The monoisotopic (exact) mass is 258 g/mol. The van der Waals surface area contributed by atoms with Gasteiger partial charge in [-0.1, -0.05) is 20.8 Å². The molecule has 0 aliphatic rings. The van der Waals surface area contributed by atoms with Gasteiger partial charge in [-0.25, -0.2) is 8.42 Å². The van der Waals surface area contributed by atoms with Crippen LogP contribution in [0.2, 0.25) is 0 Å². The molecule has 1 aromatic rings. The largest absolute Gasteiger partial charge is 0.298 e. The Morgan fingerprint density at radius 2 is 2.12 bits per heavy atom. The highest BCUT2D eigenvalue weighted by molar-refractivity contribution is 7.91. The number of sulfone groups is 1. The van der Waals surface area contributed by atoms with Gasteiger partial charge in [0.05, 0.1) is 23.6 Å². The number of carbonyl (C=O) groups is 1. The lowest BCUT2D eigenvalue weighted by atomic mass is 10.1. The molecule has 1 heterocycles. The van der Waals surface area contributed by atoms with Crippen molar-refractivity contribution < 1.29 is 13.2 Å². The first-order valence-electron chi connectivity index (χ1n) is 5.62. The second kappa shape index (κ2) is 5.44. The van der Waals surface area contributed by atoms with Gasteiger partial charge in [-0.15, -0.1) is 0 Å². The first kappa shape index (κ1) is 13.9. The molecular formula is C11H18N2O3S. The molecule has 1 aromatic heterocycles. The number of rotatable bonds is 6. The smallest absolute Gasteiger partial charge is 0.153 e. The molecule has 0 fully saturated rings. The summed E-state index contributed by atoms with van der Waals surface area (Å²) in [6.07, 6.45) is 2.36. The molecule has 0 aliphatic heterocycles. The molecule has 0 N–H and O–H groups in total. The Hall–Kier alpha value is -1.17. The van der Waals surface area contributed by atoms with Crippen molar-refractivity contribution in [1.29, 1.82) is 0 Å². The predicted molar refractivity (Wildman–Crippen MR) is 66.0 cm³/mol. The van der Waals surface area contributed by atoms with E-state index in [1.807, 2.05) is 13.8 Å². The minimum Gasteiger partial charge on any atom is -0.298 e. The Bertz CT molecular complexity index is 489. The van der Waals surface area contributed by atoms with Crippen LogP contribution < -0.4 is 0 Å². The SMILES string of the molecule is CCS(=O)(=O)CCn1cc(C=O)c(C(C)C)n1. The third-order valence-electron chi connectivity index (χ3n) is 2.57. The molecule has 0 bridgehead atoms. The molecule has 0 atom stereocenters. The standard InChI is InChI=1S/C11H18N2O3S/c1-4-17(15,16)6-5-13-7-10(8-14)11(12-13)9(2)3/h7-9H,4-6H2,1-3H3. The molecule has 0 saturated heterocycles. The van der Waals surface area contributed by atoms with Crippen LogP contribution in [0.15, 0.2) is 6.20 Å². The van der Waals surface area contributed by atoms with Crippen molar-refractivity contribution in [2.75, 3.05) is 11.5 Å². The van der Waals surface area contributed by atoms with E-state index in [1.165, 1.54) is 4.68 Å². The molecule has 0 unspecified atom stereocenters. The molecule has 6 heteroatoms. The van der Waals surface area contributed by atoms with Gasteiger partial charge in [0, 0.05) is 11.9 Å². The molecule has 0 saturated carbocycles. The fraction of sp³-hybridized carbons (Fsp3) is 0.636. The second-order valence-electron chi connectivity index (χ2n) is 4.24. The number of carbonyl (C=O) groups excluding carboxylic acids is 1. The highest BCUT2D eigenvalue weighted by Crippen LogP contribution is 2.15. The van der Waals surface area contributed by atoms with E-state index in [1.54, 1.807) is 13.1 Å². The summed E-state index contributed by atoms with van der Waals surface area (Å²) in [4.78, 5) is 10.8. The summed E-state index contributed by atoms with van der Waals surface area (Å²) in [6.45, 7) is 5.81. The summed E-state index contributed by atoms with van der Waals surface area (Å²) < 4.78 is 24.2. The Kier molecular flexibility index (Phi) is 4.45. The fourth-order valence-corrected chi connectivity index (χ4v) is 2.24. The van der Waals surface area contributed by atoms with Crippen LogP contribution in [0.5, 0.6) is 0 Å². The van der Waals surface area contributed by atoms with Gasteiger partial charge >= 0.3 is 0 Å². The average molecular weight is 258 g/mol. The molecule has 0 aromatic carbocycles. The number of hydrogen-bond donors (Lipinski definition) is 0. The number of nitrogens with zero attached hydrogens (tertiary/aromatic N) is 2. The van der Waals surface area contributed by atoms with Crippen molar-refractivity contribution in [3.05, 3.63) is 17.5 Å². The molecule has 1 rings (SSSR count). The van der Waals surface area contributed by atoms with Crippen LogP contribution in [0.25, 0.3) is 0 Å². The maximum atomic E-state index is 11.4. The predicted octanol–water partition coefficient (Wildman–Crippen LogP) is 1.25. The van der Waals surface area contributed by atoms with E-state index in [2.05, 4.69) is 5.10 Å². The van der Waals surface area contributed by atoms with Crippen LogP contribution in [0, 0.1) is 0 Å². The van der Waals surface area contributed by atoms with Gasteiger partial charge in [0.2, 0.25) is 0 Å². The first-order chi connectivity index (χ1) is 7.89. The van der Waals surface area contributed by atoms with Crippen LogP contribution >= 0.6 is 0 Å². The van der Waals surface area contributed by atoms with E-state index >= 15 is 0 Å². The lowest BCUT2D eigenvalue weighted by Crippen LogP contribution is -2.15. The van der Waals surface area contributed by atoms with E-state index in [9.17, 15) is 13.2 Å². The molecule has 0 amide bonds. The van der Waals surface area contributed by atoms with Crippen molar-refractivity contribution in [3.63, 3.8) is 0 Å². The molecule has 0 spiro atoms. The Labute approximate surface area is 102 Å². The number of aldehydes is 1. The molecular weight excluding hydrogens is 240 g/mol. The number of aromatic nitrogens is 2. The van der Waals surface area contributed by atoms with Gasteiger partial charge in [-0.3, -0.25) is 9.48 Å². The van der Waals surface area contributed by atoms with Crippen molar-refractivity contribution >= 4 is 16.1 Å². The summed E-state index contributed by atoms with van der Waals surface area (Å²) in [5.74, 6) is 0.339. The van der Waals surface area contributed by atoms with Crippen LogP contribution in [-0.4, -0.2) is 36.0 Å². The Balaban J connectivity index is 2.83. The molecule has 0 radical (unpaired) electrons. The zero-order chi connectivity index (χ0) is 13.1. The van der Waals surface area contributed by atoms with Gasteiger partial charge in [0.15, 0.2) is 16.1 Å². The van der Waals surface area contributed by atoms with Crippen molar-refractivity contribution in [3.8, 4) is 0 Å². The van der Waals surface area contributed by atoms with Crippen LogP contribution in [0.1, 0.15) is 42.7 Å². The van der Waals surface area contributed by atoms with Gasteiger partial charge in [-0.05, 0) is 5.92 Å². The van der Waals surface area contributed by atoms with E-state index in [-0.39, 0.29) is 17.4 Å². The molecule has 96 valence electrons. The Morgan fingerprint density at radius 1 is 1.47 bits per heavy atom. The van der Waals surface area contributed by atoms with Gasteiger partial charge in [-0.2, -0.15) is 5.10 Å². The number of hydrogen-bond acceptors (Lipinski definition) is 4. The maximum Gasteiger partial charge on any atom is 0.153 e. The summed E-state index contributed by atoms with van der Waals surface area (Å²) in [6, 6.07) is 0. The van der Waals surface area contributed by atoms with Crippen LogP contribution in [-0.2, 0) is 16.4 Å². The summed E-state index contributed by atoms with van der Waals surface area (Å²) >= 11 is 0. The van der Waals surface area contributed by atoms with Crippen LogP contribution in [0.3, 0.4) is 0 Å². The van der Waals surface area contributed by atoms with Gasteiger partial charge < -0.3 is 0 Å².